The fourth-order valence-electron chi connectivity index (χ4n) is 6.37. The number of nitrogens with two attached hydrogens (primary N) is 2. The van der Waals surface area contributed by atoms with Gasteiger partial charge in [-0.2, -0.15) is 21.7 Å². The highest BCUT2D eigenvalue weighted by Crippen LogP contribution is 2.33. The highest BCUT2D eigenvalue weighted by atomic mass is 32.2. The Labute approximate surface area is 316 Å². The lowest BCUT2D eigenvalue weighted by Crippen LogP contribution is -2.41. The second-order valence-electron chi connectivity index (χ2n) is 13.4. The maximum Gasteiger partial charge on any atom is 0.326 e. The molecular weight excluding hydrogens is 717 g/mol. The molecule has 4 heterocycles. The number of hydrogen-bond donors (Lipinski definition) is 8. The first kappa shape index (κ1) is 39.7. The lowest BCUT2D eigenvalue weighted by atomic mass is 10.0. The van der Waals surface area contributed by atoms with Gasteiger partial charge in [0.15, 0.2) is 17.0 Å². The van der Waals surface area contributed by atoms with Crippen LogP contribution in [0.1, 0.15) is 73.8 Å². The molecule has 5 rings (SSSR count). The molecule has 0 radical (unpaired) electrons. The molecule has 54 heavy (non-hydrogen) atoms. The van der Waals surface area contributed by atoms with Crippen LogP contribution in [0, 0.1) is 0 Å². The minimum atomic E-state index is -1.24. The number of benzene rings is 1. The Kier molecular flexibility index (Phi) is 14.0. The summed E-state index contributed by atoms with van der Waals surface area (Å²) in [5.74, 6) is -1.00. The van der Waals surface area contributed by atoms with Gasteiger partial charge in [-0.25, -0.2) is 19.6 Å². The molecule has 2 aliphatic rings. The van der Waals surface area contributed by atoms with Gasteiger partial charge in [-0.3, -0.25) is 14.4 Å². The molecule has 290 valence electrons. The van der Waals surface area contributed by atoms with Crippen LogP contribution in [0.25, 0.3) is 11.2 Å². The van der Waals surface area contributed by atoms with Crippen LogP contribution in [0.5, 0.6) is 0 Å². The molecule has 3 aromatic rings. The molecule has 2 aromatic heterocycles. The Hall–Kier alpha value is -5.46. The zero-order valence-electron chi connectivity index (χ0n) is 30.2. The number of hydrogen-bond acceptors (Lipinski definition) is 13. The predicted octanol–water partition coefficient (Wildman–Crippen LogP) is 1.31. The number of aromatic nitrogens is 4. The molecule has 0 saturated carbocycles. The van der Waals surface area contributed by atoms with Crippen molar-refractivity contribution in [1.29, 1.82) is 0 Å². The van der Waals surface area contributed by atoms with E-state index in [-0.39, 0.29) is 60.1 Å². The van der Waals surface area contributed by atoms with Crippen molar-refractivity contribution >= 4 is 70.1 Å². The summed E-state index contributed by atoms with van der Waals surface area (Å²) in [4.78, 5) is 79.4. The quantitative estimate of drug-likeness (QED) is 0.0596. The third kappa shape index (κ3) is 11.3. The molecule has 18 nitrogen and oxygen atoms in total. The minimum absolute atomic E-state index is 0.0125. The smallest absolute Gasteiger partial charge is 0.326 e. The van der Waals surface area contributed by atoms with Crippen LogP contribution in [0.15, 0.2) is 30.5 Å². The maximum absolute atomic E-state index is 12.9. The summed E-state index contributed by atoms with van der Waals surface area (Å²) in [6.45, 7) is 1.36. The number of aliphatic carboxylic acids is 1. The second-order valence-corrected chi connectivity index (χ2v) is 14.7. The van der Waals surface area contributed by atoms with Crippen LogP contribution in [0.2, 0.25) is 0 Å². The number of unbranched alkanes of at least 4 members (excludes halogenated alkanes) is 3. The molecule has 2 saturated heterocycles. The molecule has 0 aliphatic carbocycles. The summed E-state index contributed by atoms with van der Waals surface area (Å²) >= 11 is 1.88. The van der Waals surface area contributed by atoms with E-state index in [1.54, 1.807) is 30.5 Å². The molecule has 1 aromatic carbocycles. The number of urea groups is 1. The lowest BCUT2D eigenvalue weighted by molar-refractivity contribution is -0.139. The van der Waals surface area contributed by atoms with Crippen molar-refractivity contribution in [2.45, 2.75) is 87.7 Å². The molecule has 10 N–H and O–H groups in total. The predicted molar refractivity (Wildman–Crippen MR) is 204 cm³/mol. The first-order valence-electron chi connectivity index (χ1n) is 18.1. The van der Waals surface area contributed by atoms with Crippen LogP contribution in [0.3, 0.4) is 0 Å². The standard InChI is InChI=1S/C35H48N12O6S/c1-47(18-21-17-40-31-29(41-21)30(36)45-34(37)46-31)22-11-9-20(10-12-22)32(50)42-23(33(51)52)13-14-27(49)39-16-6-2-5-15-38-26(48)8-4-3-7-25-28-24(19-54-25)43-35(53)44-28/h9-12,17,23-25,28H,2-8,13-16,18-19H2,1H3,(H,38,48)(H,39,49)(H,42,50)(H,51,52)(H2,43,44,53)(H4,36,37,40,45,46)/t23-,24-,25-,28-/m0/s1. The fourth-order valence-corrected chi connectivity index (χ4v) is 7.91. The summed E-state index contributed by atoms with van der Waals surface area (Å²) in [7, 11) is 1.84. The summed E-state index contributed by atoms with van der Waals surface area (Å²) in [5, 5.41) is 24.3. The average Bonchev–Trinajstić information content (AvgIpc) is 3.70. The number of carboxylic acids is 1. The topological polar surface area (TPSA) is 273 Å². The van der Waals surface area contributed by atoms with Crippen molar-refractivity contribution in [3.05, 3.63) is 41.7 Å². The van der Waals surface area contributed by atoms with E-state index in [2.05, 4.69) is 46.5 Å². The Bertz CT molecular complexity index is 1820. The zero-order chi connectivity index (χ0) is 38.6. The number of anilines is 3. The van der Waals surface area contributed by atoms with Crippen molar-refractivity contribution in [2.24, 2.45) is 0 Å². The number of carboxylic acid groups (broad SMARTS) is 1. The largest absolute Gasteiger partial charge is 0.480 e. The number of nitrogen functional groups attached to an aromatic ring is 2. The van der Waals surface area contributed by atoms with Crippen LogP contribution in [0.4, 0.5) is 22.2 Å². The third-order valence-corrected chi connectivity index (χ3v) is 10.8. The number of rotatable bonds is 20. The van der Waals surface area contributed by atoms with Gasteiger partial charge in [0.25, 0.3) is 5.91 Å². The highest BCUT2D eigenvalue weighted by Gasteiger charge is 2.42. The highest BCUT2D eigenvalue weighted by molar-refractivity contribution is 8.00. The fraction of sp³-hybridized carbons (Fsp3) is 0.514. The van der Waals surface area contributed by atoms with Crippen molar-refractivity contribution in [3.63, 3.8) is 0 Å². The van der Waals surface area contributed by atoms with E-state index in [0.717, 1.165) is 43.5 Å². The normalized spacial score (nSPS) is 17.9. The van der Waals surface area contributed by atoms with Gasteiger partial charge >= 0.3 is 12.0 Å². The summed E-state index contributed by atoms with van der Waals surface area (Å²) in [5.41, 5.74) is 13.8. The van der Waals surface area contributed by atoms with Crippen LogP contribution < -0.4 is 43.0 Å². The third-order valence-electron chi connectivity index (χ3n) is 9.31. The molecule has 4 atom stereocenters. The van der Waals surface area contributed by atoms with Gasteiger partial charge in [-0.05, 0) is 62.8 Å². The number of carbonyl (C=O) groups excluding carboxylic acids is 4. The number of nitrogens with zero attached hydrogens (tertiary/aromatic N) is 5. The van der Waals surface area contributed by atoms with Gasteiger partial charge in [0.1, 0.15) is 6.04 Å². The van der Waals surface area contributed by atoms with Gasteiger partial charge in [-0.15, -0.1) is 0 Å². The van der Waals surface area contributed by atoms with E-state index < -0.39 is 17.9 Å². The summed E-state index contributed by atoms with van der Waals surface area (Å²) in [6.07, 6.45) is 6.93. The Morgan fingerprint density at radius 2 is 1.69 bits per heavy atom. The lowest BCUT2D eigenvalue weighted by Gasteiger charge is -2.19. The van der Waals surface area contributed by atoms with E-state index in [9.17, 15) is 29.1 Å². The number of thioether (sulfide) groups is 1. The number of nitrogens with one attached hydrogen (secondary N) is 5. The van der Waals surface area contributed by atoms with Gasteiger partial charge in [0, 0.05) is 55.2 Å². The van der Waals surface area contributed by atoms with E-state index in [1.165, 1.54) is 0 Å². The molecule has 2 fully saturated rings. The second kappa shape index (κ2) is 19.0. The maximum atomic E-state index is 12.9. The molecule has 19 heteroatoms. The number of fused-ring (bicyclic) bond motifs is 2. The number of amides is 5. The SMILES string of the molecule is CN(Cc1cnc2nc(N)nc(N)c2n1)c1ccc(C(=O)N[C@@H](CCC(=O)NCCCCCNC(=O)CCCC[C@@H]2SC[C@@H]3NC(=O)N[C@@H]32)C(=O)O)cc1. The van der Waals surface area contributed by atoms with Crippen LogP contribution in [-0.2, 0) is 20.9 Å². The monoisotopic (exact) mass is 764 g/mol. The average molecular weight is 765 g/mol. The van der Waals surface area contributed by atoms with E-state index in [0.29, 0.717) is 54.6 Å². The molecule has 0 spiro atoms. The molecule has 0 bridgehead atoms. The Morgan fingerprint density at radius 3 is 2.41 bits per heavy atom. The Balaban J connectivity index is 0.921. The van der Waals surface area contributed by atoms with Crippen molar-refractivity contribution in [3.8, 4) is 0 Å². The van der Waals surface area contributed by atoms with Gasteiger partial charge < -0.3 is 48.1 Å². The zero-order valence-corrected chi connectivity index (χ0v) is 31.0. The van der Waals surface area contributed by atoms with Crippen molar-refractivity contribution in [1.82, 2.24) is 46.5 Å². The summed E-state index contributed by atoms with van der Waals surface area (Å²) < 4.78 is 0. The first-order valence-corrected chi connectivity index (χ1v) is 19.1. The Morgan fingerprint density at radius 1 is 0.963 bits per heavy atom. The van der Waals surface area contributed by atoms with Crippen molar-refractivity contribution < 1.29 is 29.1 Å². The number of carbonyl (C=O) groups is 5. The summed E-state index contributed by atoms with van der Waals surface area (Å²) in [6, 6.07) is 5.69. The molecule has 0 unspecified atom stereocenters. The van der Waals surface area contributed by atoms with E-state index in [1.807, 2.05) is 23.7 Å². The van der Waals surface area contributed by atoms with Crippen molar-refractivity contribution in [2.75, 3.05) is 42.3 Å². The molecule has 2 aliphatic heterocycles. The van der Waals surface area contributed by atoms with E-state index in [4.69, 9.17) is 11.5 Å². The molecular formula is C35H48N12O6S. The van der Waals surface area contributed by atoms with Gasteiger partial charge in [0.05, 0.1) is 30.5 Å². The van der Waals surface area contributed by atoms with Gasteiger partial charge in [0.2, 0.25) is 17.8 Å². The van der Waals surface area contributed by atoms with Gasteiger partial charge in [-0.1, -0.05) is 6.42 Å². The van der Waals surface area contributed by atoms with Crippen LogP contribution in [-0.4, -0.2) is 104 Å². The van der Waals surface area contributed by atoms with E-state index >= 15 is 0 Å². The minimum Gasteiger partial charge on any atom is -0.480 e. The molecule has 5 amide bonds. The first-order chi connectivity index (χ1) is 26.0. The van der Waals surface area contributed by atoms with Crippen LogP contribution >= 0.6 is 11.8 Å².